The maximum Gasteiger partial charge on any atom is 0.216 e. The fraction of sp³-hybridized carbons (Fsp3) is 0.458. The van der Waals surface area contributed by atoms with Crippen molar-refractivity contribution in [2.75, 3.05) is 18.9 Å². The standard InChI is InChI=1S/C24H30ClNO6S/c1-3-31-18-7-4-15(5-8-18)12-17-13-16(6-9-19(17)25)23-21(29)20(28)22(30)24(32-23)33-11-10-26-14(2)27/h4-9,13,20-24,28-30H,3,10-12H2,1-2H3,(H,26,27)/t20-,21-,22+,23+,24-/m1/s1. The van der Waals surface area contributed by atoms with Crippen LogP contribution < -0.4 is 10.1 Å². The van der Waals surface area contributed by atoms with Crippen molar-refractivity contribution in [1.29, 1.82) is 0 Å². The van der Waals surface area contributed by atoms with Gasteiger partial charge in [-0.2, -0.15) is 0 Å². The number of hydrogen-bond donors (Lipinski definition) is 4. The second-order valence-electron chi connectivity index (χ2n) is 7.86. The predicted octanol–water partition coefficient (Wildman–Crippen LogP) is 2.68. The Morgan fingerprint density at radius 1 is 1.12 bits per heavy atom. The van der Waals surface area contributed by atoms with Gasteiger partial charge in [-0.25, -0.2) is 0 Å². The van der Waals surface area contributed by atoms with Crippen molar-refractivity contribution in [3.05, 3.63) is 64.2 Å². The predicted molar refractivity (Wildman–Crippen MR) is 129 cm³/mol. The molecular formula is C24H30ClNO6S. The average Bonchev–Trinajstić information content (AvgIpc) is 2.79. The summed E-state index contributed by atoms with van der Waals surface area (Å²) in [6.07, 6.45) is -4.19. The van der Waals surface area contributed by atoms with Crippen molar-refractivity contribution in [3.8, 4) is 5.75 Å². The molecule has 3 rings (SSSR count). The molecular weight excluding hydrogens is 466 g/mol. The van der Waals surface area contributed by atoms with E-state index in [1.54, 1.807) is 12.1 Å². The van der Waals surface area contributed by atoms with Gasteiger partial charge in [0.05, 0.1) is 6.61 Å². The van der Waals surface area contributed by atoms with E-state index in [-0.39, 0.29) is 5.91 Å². The third-order valence-corrected chi connectivity index (χ3v) is 6.88. The second kappa shape index (κ2) is 12.1. The summed E-state index contributed by atoms with van der Waals surface area (Å²) < 4.78 is 11.5. The minimum atomic E-state index is -1.37. The molecule has 9 heteroatoms. The molecule has 0 saturated carbocycles. The topological polar surface area (TPSA) is 108 Å². The van der Waals surface area contributed by atoms with Crippen molar-refractivity contribution < 1.29 is 29.6 Å². The van der Waals surface area contributed by atoms with Crippen LogP contribution in [0.1, 0.15) is 36.6 Å². The van der Waals surface area contributed by atoms with Crippen molar-refractivity contribution in [2.45, 2.75) is 50.1 Å². The molecule has 33 heavy (non-hydrogen) atoms. The minimum absolute atomic E-state index is 0.143. The Morgan fingerprint density at radius 2 is 1.85 bits per heavy atom. The van der Waals surface area contributed by atoms with Gasteiger partial charge in [0, 0.05) is 24.2 Å². The summed E-state index contributed by atoms with van der Waals surface area (Å²) in [5.74, 6) is 1.14. The number of ether oxygens (including phenoxy) is 2. The molecule has 1 saturated heterocycles. The molecule has 1 aliphatic heterocycles. The van der Waals surface area contributed by atoms with E-state index >= 15 is 0 Å². The maximum absolute atomic E-state index is 11.0. The maximum atomic E-state index is 11.0. The zero-order valence-corrected chi connectivity index (χ0v) is 20.2. The summed E-state index contributed by atoms with van der Waals surface area (Å²) in [5.41, 5.74) is 1.80. The van der Waals surface area contributed by atoms with Crippen molar-refractivity contribution in [3.63, 3.8) is 0 Å². The smallest absolute Gasteiger partial charge is 0.216 e. The first-order valence-electron chi connectivity index (χ1n) is 10.9. The van der Waals surface area contributed by atoms with Crippen molar-refractivity contribution in [1.82, 2.24) is 5.32 Å². The van der Waals surface area contributed by atoms with Crippen molar-refractivity contribution >= 4 is 29.3 Å². The molecule has 1 fully saturated rings. The van der Waals surface area contributed by atoms with E-state index in [1.165, 1.54) is 18.7 Å². The van der Waals surface area contributed by atoms with E-state index in [4.69, 9.17) is 21.1 Å². The summed E-state index contributed by atoms with van der Waals surface area (Å²) >= 11 is 7.71. The lowest BCUT2D eigenvalue weighted by molar-refractivity contribution is -0.200. The number of rotatable bonds is 9. The van der Waals surface area contributed by atoms with Crippen LogP contribution in [0.4, 0.5) is 0 Å². The van der Waals surface area contributed by atoms with E-state index in [1.807, 2.05) is 37.3 Å². The Morgan fingerprint density at radius 3 is 2.52 bits per heavy atom. The molecule has 7 nitrogen and oxygen atoms in total. The Hall–Kier alpha value is -1.81. The molecule has 5 atom stereocenters. The molecule has 0 aromatic heterocycles. The lowest BCUT2D eigenvalue weighted by Crippen LogP contribution is -2.53. The number of amides is 1. The minimum Gasteiger partial charge on any atom is -0.494 e. The molecule has 1 aliphatic rings. The van der Waals surface area contributed by atoms with Gasteiger partial charge < -0.3 is 30.1 Å². The fourth-order valence-corrected chi connectivity index (χ4v) is 4.85. The fourth-order valence-electron chi connectivity index (χ4n) is 3.66. The van der Waals surface area contributed by atoms with E-state index in [0.717, 1.165) is 16.9 Å². The Labute approximate surface area is 203 Å². The molecule has 2 aromatic rings. The van der Waals surface area contributed by atoms with Crippen LogP contribution >= 0.6 is 23.4 Å². The summed E-state index contributed by atoms with van der Waals surface area (Å²) in [7, 11) is 0. The van der Waals surface area contributed by atoms with E-state index in [9.17, 15) is 20.1 Å². The van der Waals surface area contributed by atoms with Crippen LogP contribution in [-0.2, 0) is 16.0 Å². The van der Waals surface area contributed by atoms with E-state index in [2.05, 4.69) is 5.32 Å². The first-order chi connectivity index (χ1) is 15.8. The molecule has 0 unspecified atom stereocenters. The molecule has 1 heterocycles. The second-order valence-corrected chi connectivity index (χ2v) is 9.47. The van der Waals surface area contributed by atoms with Crippen LogP contribution in [0.2, 0.25) is 5.02 Å². The molecule has 0 radical (unpaired) electrons. The Bertz CT molecular complexity index is 928. The van der Waals surface area contributed by atoms with Gasteiger partial charge in [-0.1, -0.05) is 35.9 Å². The zero-order valence-electron chi connectivity index (χ0n) is 18.6. The summed E-state index contributed by atoms with van der Waals surface area (Å²) in [6, 6.07) is 13.1. The summed E-state index contributed by atoms with van der Waals surface area (Å²) in [6.45, 7) is 4.37. The molecule has 4 N–H and O–H groups in total. The SMILES string of the molecule is CCOc1ccc(Cc2cc([C@@H]3O[C@H](SCCNC(C)=O)[C@@H](O)[C@H](O)[C@H]3O)ccc2Cl)cc1. The first-order valence-corrected chi connectivity index (χ1v) is 12.3. The van der Waals surface area contributed by atoms with Gasteiger partial charge >= 0.3 is 0 Å². The quantitative estimate of drug-likeness (QED) is 0.396. The van der Waals surface area contributed by atoms with Gasteiger partial charge in [0.1, 0.15) is 35.6 Å². The highest BCUT2D eigenvalue weighted by atomic mass is 35.5. The molecule has 0 aliphatic carbocycles. The lowest BCUT2D eigenvalue weighted by atomic mass is 9.92. The number of aliphatic hydroxyl groups excluding tert-OH is 3. The third-order valence-electron chi connectivity index (χ3n) is 5.35. The van der Waals surface area contributed by atoms with Gasteiger partial charge in [0.2, 0.25) is 5.91 Å². The molecule has 0 spiro atoms. The number of thioether (sulfide) groups is 1. The summed E-state index contributed by atoms with van der Waals surface area (Å²) in [5, 5.41) is 34.6. The number of hydrogen-bond acceptors (Lipinski definition) is 7. The highest BCUT2D eigenvalue weighted by molar-refractivity contribution is 7.99. The normalized spacial score (nSPS) is 25.0. The number of carbonyl (C=O) groups is 1. The molecule has 2 aromatic carbocycles. The number of halogens is 1. The number of benzene rings is 2. The van der Waals surface area contributed by atoms with Crippen LogP contribution in [0.5, 0.6) is 5.75 Å². The van der Waals surface area contributed by atoms with Crippen LogP contribution in [-0.4, -0.2) is 63.9 Å². The van der Waals surface area contributed by atoms with Gasteiger partial charge in [-0.05, 0) is 48.2 Å². The molecule has 180 valence electrons. The number of carbonyl (C=O) groups excluding carboxylic acids is 1. The van der Waals surface area contributed by atoms with Crippen LogP contribution in [0.3, 0.4) is 0 Å². The Balaban J connectivity index is 1.74. The van der Waals surface area contributed by atoms with Gasteiger partial charge in [-0.15, -0.1) is 11.8 Å². The first kappa shape index (κ1) is 25.8. The summed E-state index contributed by atoms with van der Waals surface area (Å²) in [4.78, 5) is 11.0. The van der Waals surface area contributed by atoms with Crippen LogP contribution in [0, 0.1) is 0 Å². The van der Waals surface area contributed by atoms with Crippen molar-refractivity contribution in [2.24, 2.45) is 0 Å². The Kier molecular flexibility index (Phi) is 9.43. The highest BCUT2D eigenvalue weighted by Crippen LogP contribution is 2.37. The van der Waals surface area contributed by atoms with Gasteiger partial charge in [-0.3, -0.25) is 4.79 Å². The van der Waals surface area contributed by atoms with Gasteiger partial charge in [0.25, 0.3) is 0 Å². The van der Waals surface area contributed by atoms with Crippen LogP contribution in [0.25, 0.3) is 0 Å². The number of aliphatic hydroxyl groups is 3. The molecule has 0 bridgehead atoms. The molecule has 1 amide bonds. The number of nitrogens with one attached hydrogen (secondary N) is 1. The largest absolute Gasteiger partial charge is 0.494 e. The van der Waals surface area contributed by atoms with Crippen LogP contribution in [0.15, 0.2) is 42.5 Å². The highest BCUT2D eigenvalue weighted by Gasteiger charge is 2.44. The lowest BCUT2D eigenvalue weighted by Gasteiger charge is -2.40. The zero-order chi connectivity index (χ0) is 24.0. The monoisotopic (exact) mass is 495 g/mol. The average molecular weight is 496 g/mol. The van der Waals surface area contributed by atoms with Gasteiger partial charge in [0.15, 0.2) is 0 Å². The third kappa shape index (κ3) is 6.85. The van der Waals surface area contributed by atoms with E-state index < -0.39 is 29.9 Å². The van der Waals surface area contributed by atoms with E-state index in [0.29, 0.717) is 35.9 Å².